The molecule has 1 aliphatic heterocycles. The number of carbonyl (C=O) groups excluding carboxylic acids is 1. The molecule has 2 heterocycles. The highest BCUT2D eigenvalue weighted by Gasteiger charge is 2.16. The number of carbonyl (C=O) groups is 1. The number of hydrogen-bond donors (Lipinski definition) is 2. The van der Waals surface area contributed by atoms with Gasteiger partial charge in [0, 0.05) is 25.8 Å². The van der Waals surface area contributed by atoms with Crippen molar-refractivity contribution in [2.24, 2.45) is 5.73 Å². The van der Waals surface area contributed by atoms with Crippen LogP contribution >= 0.6 is 12.4 Å². The molecule has 0 aliphatic carbocycles. The fraction of sp³-hybridized carbons (Fsp3) is 0.400. The molecular weight excluding hydrogens is 228 g/mol. The van der Waals surface area contributed by atoms with E-state index in [2.05, 4.69) is 10.3 Å². The van der Waals surface area contributed by atoms with Gasteiger partial charge in [0.25, 0.3) is 0 Å². The Morgan fingerprint density at radius 1 is 1.50 bits per heavy atom. The van der Waals surface area contributed by atoms with Crippen molar-refractivity contribution in [3.63, 3.8) is 0 Å². The van der Waals surface area contributed by atoms with Gasteiger partial charge in [-0.25, -0.2) is 4.98 Å². The van der Waals surface area contributed by atoms with Gasteiger partial charge in [0.2, 0.25) is 5.91 Å². The average Bonchev–Trinajstić information content (AvgIpc) is 2.29. The van der Waals surface area contributed by atoms with Gasteiger partial charge >= 0.3 is 0 Å². The summed E-state index contributed by atoms with van der Waals surface area (Å²) in [6.45, 7) is 2.36. The van der Waals surface area contributed by atoms with E-state index in [0.717, 1.165) is 17.9 Å². The summed E-state index contributed by atoms with van der Waals surface area (Å²) in [5.41, 5.74) is 6.48. The summed E-state index contributed by atoms with van der Waals surface area (Å²) in [6, 6.07) is 3.84. The summed E-state index contributed by atoms with van der Waals surface area (Å²) in [4.78, 5) is 17.4. The number of amides is 1. The van der Waals surface area contributed by atoms with E-state index in [1.54, 1.807) is 6.20 Å². The lowest BCUT2D eigenvalue weighted by atomic mass is 10.2. The number of hydrogen-bond acceptors (Lipinski definition) is 4. The maximum absolute atomic E-state index is 11.2. The van der Waals surface area contributed by atoms with Gasteiger partial charge in [-0.15, -0.1) is 12.4 Å². The minimum Gasteiger partial charge on any atom is -0.353 e. The summed E-state index contributed by atoms with van der Waals surface area (Å²) in [7, 11) is 0. The minimum atomic E-state index is 0. The first-order chi connectivity index (χ1) is 7.29. The number of nitrogens with one attached hydrogen (secondary N) is 1. The second-order valence-corrected chi connectivity index (χ2v) is 3.50. The molecule has 0 radical (unpaired) electrons. The molecule has 1 amide bonds. The van der Waals surface area contributed by atoms with Crippen molar-refractivity contribution in [3.05, 3.63) is 23.9 Å². The van der Waals surface area contributed by atoms with Crippen LogP contribution in [-0.4, -0.2) is 30.5 Å². The highest BCUT2D eigenvalue weighted by Crippen LogP contribution is 2.11. The highest BCUT2D eigenvalue weighted by molar-refractivity contribution is 5.85. The number of nitrogens with zero attached hydrogens (tertiary/aromatic N) is 2. The van der Waals surface area contributed by atoms with Crippen molar-refractivity contribution in [2.45, 2.75) is 6.54 Å². The smallest absolute Gasteiger partial charge is 0.239 e. The summed E-state index contributed by atoms with van der Waals surface area (Å²) in [5.74, 6) is 0.882. The zero-order valence-electron chi connectivity index (χ0n) is 8.85. The second-order valence-electron chi connectivity index (χ2n) is 3.50. The molecular formula is C10H15ClN4O. The Hall–Kier alpha value is -1.33. The largest absolute Gasteiger partial charge is 0.353 e. The van der Waals surface area contributed by atoms with E-state index in [-0.39, 0.29) is 18.3 Å². The van der Waals surface area contributed by atoms with Crippen LogP contribution in [0.4, 0.5) is 5.82 Å². The first-order valence-electron chi connectivity index (χ1n) is 4.96. The number of aromatic nitrogens is 1. The third-order valence-electron chi connectivity index (χ3n) is 2.41. The number of rotatable bonds is 2. The molecule has 0 bridgehead atoms. The second kappa shape index (κ2) is 5.67. The first kappa shape index (κ1) is 12.7. The van der Waals surface area contributed by atoms with Crippen LogP contribution in [0.2, 0.25) is 0 Å². The van der Waals surface area contributed by atoms with Crippen molar-refractivity contribution < 1.29 is 4.79 Å². The highest BCUT2D eigenvalue weighted by atomic mass is 35.5. The Morgan fingerprint density at radius 3 is 2.88 bits per heavy atom. The van der Waals surface area contributed by atoms with Crippen LogP contribution in [-0.2, 0) is 11.3 Å². The van der Waals surface area contributed by atoms with Crippen molar-refractivity contribution in [3.8, 4) is 0 Å². The van der Waals surface area contributed by atoms with Crippen molar-refractivity contribution in [1.29, 1.82) is 0 Å². The van der Waals surface area contributed by atoms with Crippen molar-refractivity contribution in [1.82, 2.24) is 10.3 Å². The summed E-state index contributed by atoms with van der Waals surface area (Å²) in [5, 5.41) is 2.78. The molecule has 1 aliphatic rings. The number of nitrogens with two attached hydrogens (primary N) is 1. The molecule has 5 nitrogen and oxygen atoms in total. The van der Waals surface area contributed by atoms with Crippen LogP contribution in [0.3, 0.4) is 0 Å². The molecule has 1 aromatic heterocycles. The summed E-state index contributed by atoms with van der Waals surface area (Å²) >= 11 is 0. The maximum atomic E-state index is 11.2. The van der Waals surface area contributed by atoms with Gasteiger partial charge in [-0.2, -0.15) is 0 Å². The molecule has 16 heavy (non-hydrogen) atoms. The van der Waals surface area contributed by atoms with Crippen LogP contribution < -0.4 is 16.0 Å². The Balaban J connectivity index is 0.00000128. The molecule has 0 saturated carbocycles. The van der Waals surface area contributed by atoms with Gasteiger partial charge in [0.15, 0.2) is 0 Å². The van der Waals surface area contributed by atoms with E-state index in [1.807, 2.05) is 17.0 Å². The fourth-order valence-electron chi connectivity index (χ4n) is 1.56. The fourth-order valence-corrected chi connectivity index (χ4v) is 1.56. The Morgan fingerprint density at radius 2 is 2.31 bits per heavy atom. The molecule has 1 aromatic rings. The third-order valence-corrected chi connectivity index (χ3v) is 2.41. The van der Waals surface area contributed by atoms with E-state index in [0.29, 0.717) is 19.6 Å². The Bertz CT molecular complexity index is 354. The van der Waals surface area contributed by atoms with Gasteiger partial charge in [-0.1, -0.05) is 6.07 Å². The average molecular weight is 243 g/mol. The predicted molar refractivity (Wildman–Crippen MR) is 64.6 cm³/mol. The summed E-state index contributed by atoms with van der Waals surface area (Å²) in [6.07, 6.45) is 1.75. The molecule has 0 spiro atoms. The standard InChI is InChI=1S/C10H14N4O.ClH/c11-5-8-1-2-9(13-6-8)14-4-3-12-10(15)7-14;/h1-2,6H,3-5,7,11H2,(H,12,15);1H. The van der Waals surface area contributed by atoms with Crippen molar-refractivity contribution in [2.75, 3.05) is 24.5 Å². The van der Waals surface area contributed by atoms with Gasteiger partial charge in [-0.3, -0.25) is 4.79 Å². The lowest BCUT2D eigenvalue weighted by Gasteiger charge is -2.27. The van der Waals surface area contributed by atoms with Crippen LogP contribution in [0.15, 0.2) is 18.3 Å². The zero-order chi connectivity index (χ0) is 10.7. The molecule has 0 aromatic carbocycles. The van der Waals surface area contributed by atoms with E-state index in [4.69, 9.17) is 5.73 Å². The Labute approximate surface area is 100 Å². The maximum Gasteiger partial charge on any atom is 0.239 e. The lowest BCUT2D eigenvalue weighted by molar-refractivity contribution is -0.120. The normalized spacial score (nSPS) is 15.3. The van der Waals surface area contributed by atoms with E-state index in [1.165, 1.54) is 0 Å². The SMILES string of the molecule is Cl.NCc1ccc(N2CCNC(=O)C2)nc1. The quantitative estimate of drug-likeness (QED) is 0.760. The minimum absolute atomic E-state index is 0. The van der Waals surface area contributed by atoms with Crippen LogP contribution in [0.25, 0.3) is 0 Å². The molecule has 1 fully saturated rings. The Kier molecular flexibility index (Phi) is 4.52. The van der Waals surface area contributed by atoms with Gasteiger partial charge in [0.05, 0.1) is 6.54 Å². The molecule has 2 rings (SSSR count). The number of pyridine rings is 1. The predicted octanol–water partition coefficient (Wildman–Crippen LogP) is -0.102. The summed E-state index contributed by atoms with van der Waals surface area (Å²) < 4.78 is 0. The third kappa shape index (κ3) is 2.84. The monoisotopic (exact) mass is 242 g/mol. The zero-order valence-corrected chi connectivity index (χ0v) is 9.67. The molecule has 3 N–H and O–H groups in total. The number of piperazine rings is 1. The number of anilines is 1. The number of halogens is 1. The molecule has 6 heteroatoms. The van der Waals surface area contributed by atoms with E-state index in [9.17, 15) is 4.79 Å². The molecule has 1 saturated heterocycles. The van der Waals surface area contributed by atoms with Crippen LogP contribution in [0, 0.1) is 0 Å². The van der Waals surface area contributed by atoms with Crippen molar-refractivity contribution >= 4 is 24.1 Å². The molecule has 0 atom stereocenters. The van der Waals surface area contributed by atoms with Gasteiger partial charge in [0.1, 0.15) is 5.82 Å². The van der Waals surface area contributed by atoms with E-state index >= 15 is 0 Å². The van der Waals surface area contributed by atoms with Gasteiger partial charge in [-0.05, 0) is 11.6 Å². The topological polar surface area (TPSA) is 71.2 Å². The lowest BCUT2D eigenvalue weighted by Crippen LogP contribution is -2.48. The molecule has 88 valence electrons. The van der Waals surface area contributed by atoms with Gasteiger partial charge < -0.3 is 16.0 Å². The van der Waals surface area contributed by atoms with Crippen LogP contribution in [0.5, 0.6) is 0 Å². The first-order valence-corrected chi connectivity index (χ1v) is 4.96. The molecule has 0 unspecified atom stereocenters. The van der Waals surface area contributed by atoms with E-state index < -0.39 is 0 Å². The van der Waals surface area contributed by atoms with Crippen LogP contribution in [0.1, 0.15) is 5.56 Å².